The lowest BCUT2D eigenvalue weighted by Gasteiger charge is -2.25. The molecule has 132 valence electrons. The van der Waals surface area contributed by atoms with Crippen LogP contribution in [0.3, 0.4) is 0 Å². The summed E-state index contributed by atoms with van der Waals surface area (Å²) in [7, 11) is 0. The normalized spacial score (nSPS) is 13.2. The molecule has 8 nitrogen and oxygen atoms in total. The maximum Gasteiger partial charge on any atom is 0.435 e. The summed E-state index contributed by atoms with van der Waals surface area (Å²) in [6.45, 7) is 1.74. The summed E-state index contributed by atoms with van der Waals surface area (Å²) in [6, 6.07) is 16.3. The summed E-state index contributed by atoms with van der Waals surface area (Å²) in [5.74, 6) is 0.831. The molecule has 0 bridgehead atoms. The highest BCUT2D eigenvalue weighted by Crippen LogP contribution is 2.11. The van der Waals surface area contributed by atoms with Crippen LogP contribution in [-0.2, 0) is 16.1 Å². The zero-order valence-corrected chi connectivity index (χ0v) is 14.0. The van der Waals surface area contributed by atoms with E-state index < -0.39 is 6.09 Å². The van der Waals surface area contributed by atoms with Crippen LogP contribution in [0, 0.1) is 0 Å². The van der Waals surface area contributed by atoms with E-state index in [0.29, 0.717) is 23.8 Å². The number of benzene rings is 2. The Morgan fingerprint density at radius 1 is 1.15 bits per heavy atom. The van der Waals surface area contributed by atoms with Gasteiger partial charge in [-0.3, -0.25) is 10.2 Å². The van der Waals surface area contributed by atoms with Crippen LogP contribution in [0.2, 0.25) is 0 Å². The minimum absolute atomic E-state index is 0.0868. The number of hydrogen-bond donors (Lipinski definition) is 2. The van der Waals surface area contributed by atoms with Crippen LogP contribution in [0.25, 0.3) is 0 Å². The van der Waals surface area contributed by atoms with Crippen molar-refractivity contribution < 1.29 is 14.3 Å². The highest BCUT2D eigenvalue weighted by Gasteiger charge is 2.23. The fourth-order valence-electron chi connectivity index (χ4n) is 2.25. The van der Waals surface area contributed by atoms with Crippen LogP contribution in [0.5, 0.6) is 0 Å². The number of carbonyl (C=O) groups is 2. The first-order chi connectivity index (χ1) is 12.7. The fraction of sp³-hybridized carbons (Fsp3) is 0.111. The van der Waals surface area contributed by atoms with Gasteiger partial charge in [-0.1, -0.05) is 42.5 Å². The van der Waals surface area contributed by atoms with Crippen molar-refractivity contribution in [2.45, 2.75) is 13.5 Å². The zero-order valence-electron chi connectivity index (χ0n) is 14.0. The van der Waals surface area contributed by atoms with Crippen molar-refractivity contribution in [2.75, 3.05) is 5.32 Å². The van der Waals surface area contributed by atoms with Crippen LogP contribution in [0.4, 0.5) is 10.5 Å². The smallest absolute Gasteiger partial charge is 0.435 e. The molecule has 0 saturated carbocycles. The third kappa shape index (κ3) is 4.04. The largest absolute Gasteiger partial charge is 0.443 e. The molecule has 1 aliphatic heterocycles. The second kappa shape index (κ2) is 7.93. The number of rotatable bonds is 5. The van der Waals surface area contributed by atoms with Gasteiger partial charge >= 0.3 is 6.09 Å². The van der Waals surface area contributed by atoms with Gasteiger partial charge in [-0.2, -0.15) is 5.01 Å². The molecule has 2 amide bonds. The molecular weight excluding hydrogens is 334 g/mol. The van der Waals surface area contributed by atoms with E-state index in [2.05, 4.69) is 20.9 Å². The Kier molecular flexibility index (Phi) is 5.23. The van der Waals surface area contributed by atoms with Crippen LogP contribution in [0.15, 0.2) is 64.8 Å². The Morgan fingerprint density at radius 3 is 2.58 bits per heavy atom. The van der Waals surface area contributed by atoms with Gasteiger partial charge in [0.15, 0.2) is 11.7 Å². The van der Waals surface area contributed by atoms with E-state index in [1.807, 2.05) is 30.3 Å². The van der Waals surface area contributed by atoms with Crippen molar-refractivity contribution in [3.63, 3.8) is 0 Å². The quantitative estimate of drug-likeness (QED) is 0.809. The monoisotopic (exact) mass is 351 g/mol. The van der Waals surface area contributed by atoms with E-state index in [1.54, 1.807) is 31.2 Å². The van der Waals surface area contributed by atoms with E-state index in [1.165, 1.54) is 5.01 Å². The Balaban J connectivity index is 1.62. The molecule has 0 atom stereocenters. The second-order valence-corrected chi connectivity index (χ2v) is 5.42. The summed E-state index contributed by atoms with van der Waals surface area (Å²) in [5, 5.41) is 11.8. The number of nitrogens with one attached hydrogen (secondary N) is 2. The summed E-state index contributed by atoms with van der Waals surface area (Å²) < 4.78 is 5.32. The molecule has 26 heavy (non-hydrogen) atoms. The molecule has 1 aliphatic rings. The summed E-state index contributed by atoms with van der Waals surface area (Å²) >= 11 is 0. The van der Waals surface area contributed by atoms with Crippen molar-refractivity contribution >= 4 is 29.9 Å². The van der Waals surface area contributed by atoms with E-state index in [4.69, 9.17) is 4.74 Å². The average molecular weight is 351 g/mol. The molecule has 0 aliphatic carbocycles. The van der Waals surface area contributed by atoms with Gasteiger partial charge in [0.25, 0.3) is 0 Å². The van der Waals surface area contributed by atoms with Crippen LogP contribution in [-0.4, -0.2) is 29.2 Å². The molecule has 1 heterocycles. The SMILES string of the molecule is CC1=NN=C(c2ccccc2)NN1C(=O)OCc1ccc(NC=O)cc1. The minimum atomic E-state index is -0.593. The maximum atomic E-state index is 12.4. The van der Waals surface area contributed by atoms with Crippen LogP contribution in [0.1, 0.15) is 18.1 Å². The highest BCUT2D eigenvalue weighted by molar-refractivity contribution is 6.05. The molecule has 0 aromatic heterocycles. The number of nitrogens with zero attached hydrogens (tertiary/aromatic N) is 3. The summed E-state index contributed by atoms with van der Waals surface area (Å²) in [5.41, 5.74) is 5.17. The Morgan fingerprint density at radius 2 is 1.88 bits per heavy atom. The molecule has 2 aromatic rings. The van der Waals surface area contributed by atoms with Crippen molar-refractivity contribution in [3.05, 3.63) is 65.7 Å². The van der Waals surface area contributed by atoms with Gasteiger partial charge in [-0.25, -0.2) is 4.79 Å². The molecule has 2 N–H and O–H groups in total. The van der Waals surface area contributed by atoms with E-state index in [0.717, 1.165) is 11.1 Å². The zero-order chi connectivity index (χ0) is 18.4. The first-order valence-corrected chi connectivity index (χ1v) is 7.87. The predicted octanol–water partition coefficient (Wildman–Crippen LogP) is 2.49. The summed E-state index contributed by atoms with van der Waals surface area (Å²) in [6.07, 6.45) is 0.00933. The van der Waals surface area contributed by atoms with Gasteiger partial charge in [0.05, 0.1) is 0 Å². The third-order valence-electron chi connectivity index (χ3n) is 3.61. The third-order valence-corrected chi connectivity index (χ3v) is 3.61. The van der Waals surface area contributed by atoms with Crippen molar-refractivity contribution in [3.8, 4) is 0 Å². The van der Waals surface area contributed by atoms with Crippen molar-refractivity contribution in [1.82, 2.24) is 10.4 Å². The second-order valence-electron chi connectivity index (χ2n) is 5.42. The number of ether oxygens (including phenoxy) is 1. The molecule has 0 fully saturated rings. The molecule has 0 saturated heterocycles. The number of hydrogen-bond acceptors (Lipinski definition) is 6. The molecule has 3 rings (SSSR count). The van der Waals surface area contributed by atoms with E-state index in [-0.39, 0.29) is 6.61 Å². The lowest BCUT2D eigenvalue weighted by Crippen LogP contribution is -2.51. The molecule has 8 heteroatoms. The number of anilines is 1. The number of carbonyl (C=O) groups excluding carboxylic acids is 2. The standard InChI is InChI=1S/C18H17N5O3/c1-13-20-21-17(15-5-3-2-4-6-15)22-23(13)18(25)26-11-14-7-9-16(10-8-14)19-12-24/h2-10,12H,11H2,1H3,(H,19,24)(H,21,22). The molecule has 2 aromatic carbocycles. The lowest BCUT2D eigenvalue weighted by molar-refractivity contribution is -0.105. The van der Waals surface area contributed by atoms with E-state index >= 15 is 0 Å². The maximum absolute atomic E-state index is 12.4. The van der Waals surface area contributed by atoms with Crippen LogP contribution < -0.4 is 10.7 Å². The first kappa shape index (κ1) is 17.2. The van der Waals surface area contributed by atoms with Gasteiger partial charge in [0.2, 0.25) is 6.41 Å². The topological polar surface area (TPSA) is 95.4 Å². The van der Waals surface area contributed by atoms with Gasteiger partial charge in [-0.15, -0.1) is 10.2 Å². The van der Waals surface area contributed by atoms with Crippen molar-refractivity contribution in [2.24, 2.45) is 10.2 Å². The van der Waals surface area contributed by atoms with E-state index in [9.17, 15) is 9.59 Å². The number of amides is 2. The van der Waals surface area contributed by atoms with Gasteiger partial charge in [0, 0.05) is 11.3 Å². The Bertz CT molecular complexity index is 847. The molecular formula is C18H17N5O3. The highest BCUT2D eigenvalue weighted by atomic mass is 16.6. The first-order valence-electron chi connectivity index (χ1n) is 7.87. The molecule has 0 radical (unpaired) electrons. The fourth-order valence-corrected chi connectivity index (χ4v) is 2.25. The number of hydrazine groups is 1. The van der Waals surface area contributed by atoms with Gasteiger partial charge in [0.1, 0.15) is 6.61 Å². The van der Waals surface area contributed by atoms with Crippen molar-refractivity contribution in [1.29, 1.82) is 0 Å². The lowest BCUT2D eigenvalue weighted by atomic mass is 10.2. The Hall–Kier alpha value is -3.68. The molecule has 0 spiro atoms. The predicted molar refractivity (Wildman–Crippen MR) is 97.4 cm³/mol. The molecule has 0 unspecified atom stereocenters. The summed E-state index contributed by atoms with van der Waals surface area (Å²) in [4.78, 5) is 22.8. The Labute approximate surface area is 150 Å². The van der Waals surface area contributed by atoms with Crippen LogP contribution >= 0.6 is 0 Å². The van der Waals surface area contributed by atoms with Gasteiger partial charge < -0.3 is 10.1 Å². The number of amidine groups is 2. The average Bonchev–Trinajstić information content (AvgIpc) is 2.68. The van der Waals surface area contributed by atoms with Gasteiger partial charge in [-0.05, 0) is 24.6 Å². The minimum Gasteiger partial charge on any atom is -0.443 e.